The molecule has 0 fully saturated rings. The number of imidazole rings is 1. The Balaban J connectivity index is 1.89. The van der Waals surface area contributed by atoms with Gasteiger partial charge in [0.25, 0.3) is 5.91 Å². The number of aromatic nitrogens is 4. The highest BCUT2D eigenvalue weighted by molar-refractivity contribution is 5.95. The summed E-state index contributed by atoms with van der Waals surface area (Å²) in [6, 6.07) is 17.3. The van der Waals surface area contributed by atoms with Crippen molar-refractivity contribution >= 4 is 28.3 Å². The normalized spacial score (nSPS) is 10.9. The van der Waals surface area contributed by atoms with Gasteiger partial charge in [-0.1, -0.05) is 18.2 Å². The van der Waals surface area contributed by atoms with Crippen molar-refractivity contribution in [2.75, 3.05) is 12.8 Å². The second-order valence-corrected chi connectivity index (χ2v) is 7.65. The van der Waals surface area contributed by atoms with Crippen LogP contribution in [0.3, 0.4) is 0 Å². The minimum atomic E-state index is -0.323. The van der Waals surface area contributed by atoms with Crippen LogP contribution < -0.4 is 11.1 Å². The number of anilines is 1. The lowest BCUT2D eigenvalue weighted by Gasteiger charge is -2.14. The molecule has 2 aromatic carbocycles. The fourth-order valence-electron chi connectivity index (χ4n) is 3.95. The number of hydrogen-bond acceptors (Lipinski definition) is 6. The van der Waals surface area contributed by atoms with Crippen LogP contribution in [0.2, 0.25) is 0 Å². The van der Waals surface area contributed by atoms with E-state index in [-0.39, 0.29) is 17.4 Å². The van der Waals surface area contributed by atoms with E-state index in [1.54, 1.807) is 42.0 Å². The molecule has 3 heterocycles. The number of carbonyl (C=O) groups excluding carboxylic acids is 1. The van der Waals surface area contributed by atoms with Crippen LogP contribution in [0.25, 0.3) is 39.1 Å². The van der Waals surface area contributed by atoms with Crippen molar-refractivity contribution in [3.8, 4) is 28.6 Å². The first-order chi connectivity index (χ1) is 16.0. The number of nitrogen functional groups attached to an aromatic ring is 1. The van der Waals surface area contributed by atoms with Crippen LogP contribution in [0.1, 0.15) is 21.6 Å². The number of benzene rings is 2. The number of nitrogens with one attached hydrogen (secondary N) is 1. The molecule has 3 aromatic heterocycles. The summed E-state index contributed by atoms with van der Waals surface area (Å²) in [6.07, 6.45) is 3.43. The molecule has 0 atom stereocenters. The number of nitrogens with two attached hydrogens (primary N) is 1. The maximum atomic E-state index is 12.3. The van der Waals surface area contributed by atoms with Gasteiger partial charge in [0, 0.05) is 36.0 Å². The molecule has 5 rings (SSSR count). The first kappa shape index (κ1) is 20.2. The summed E-state index contributed by atoms with van der Waals surface area (Å²) >= 11 is 0. The lowest BCUT2D eigenvalue weighted by atomic mass is 9.99. The van der Waals surface area contributed by atoms with Gasteiger partial charge in [0.15, 0.2) is 11.5 Å². The number of carbonyl (C=O) groups is 1. The van der Waals surface area contributed by atoms with E-state index in [0.29, 0.717) is 22.6 Å². The number of amides is 1. The van der Waals surface area contributed by atoms with Crippen LogP contribution in [-0.2, 0) is 0 Å². The third-order valence-corrected chi connectivity index (χ3v) is 5.59. The predicted octanol–water partition coefficient (Wildman–Crippen LogP) is 3.73. The van der Waals surface area contributed by atoms with Gasteiger partial charge in [-0.2, -0.15) is 5.26 Å². The molecular formula is C25H19N7O. The molecule has 8 nitrogen and oxygen atoms in total. The average Bonchev–Trinajstić information content (AvgIpc) is 3.30. The minimum Gasteiger partial charge on any atom is -0.381 e. The molecule has 0 aliphatic rings. The van der Waals surface area contributed by atoms with Gasteiger partial charge >= 0.3 is 0 Å². The standard InChI is InChI=1S/C25H19N7O/c1-14-8-9-29-19-7-6-17(11-18(14)19)22-21(16-5-3-4-15(10-16)12-26)31-23(27)24-30-20(13-32(22)24)25(33)28-2/h3-11,13H,1-2H3,(H2,27,31)(H,28,33). The molecule has 0 saturated carbocycles. The summed E-state index contributed by atoms with van der Waals surface area (Å²) in [6.45, 7) is 2.03. The Labute approximate surface area is 189 Å². The summed E-state index contributed by atoms with van der Waals surface area (Å²) in [7, 11) is 1.55. The molecule has 0 spiro atoms. The van der Waals surface area contributed by atoms with Crippen LogP contribution in [0.5, 0.6) is 0 Å². The number of fused-ring (bicyclic) bond motifs is 2. The lowest BCUT2D eigenvalue weighted by molar-refractivity contribution is 0.0959. The van der Waals surface area contributed by atoms with Crippen molar-refractivity contribution < 1.29 is 4.79 Å². The van der Waals surface area contributed by atoms with E-state index < -0.39 is 0 Å². The van der Waals surface area contributed by atoms with Crippen molar-refractivity contribution in [2.45, 2.75) is 6.92 Å². The largest absolute Gasteiger partial charge is 0.381 e. The second-order valence-electron chi connectivity index (χ2n) is 7.65. The van der Waals surface area contributed by atoms with E-state index in [4.69, 9.17) is 5.73 Å². The predicted molar refractivity (Wildman–Crippen MR) is 126 cm³/mol. The first-order valence-electron chi connectivity index (χ1n) is 10.3. The fraction of sp³-hybridized carbons (Fsp3) is 0.0800. The Bertz CT molecular complexity index is 1610. The van der Waals surface area contributed by atoms with Crippen LogP contribution in [-0.4, -0.2) is 32.3 Å². The SMILES string of the molecule is CNC(=O)c1cn2c(-c3ccc4nccc(C)c4c3)c(-c3cccc(C#N)c3)nc(N)c2n1. The quantitative estimate of drug-likeness (QED) is 0.447. The monoisotopic (exact) mass is 433 g/mol. The Hall–Kier alpha value is -4.77. The number of hydrogen-bond donors (Lipinski definition) is 2. The fourth-order valence-corrected chi connectivity index (χ4v) is 3.95. The molecule has 0 saturated heterocycles. The highest BCUT2D eigenvalue weighted by Gasteiger charge is 2.21. The van der Waals surface area contributed by atoms with E-state index in [2.05, 4.69) is 26.3 Å². The molecule has 33 heavy (non-hydrogen) atoms. The lowest BCUT2D eigenvalue weighted by Crippen LogP contribution is -2.17. The van der Waals surface area contributed by atoms with E-state index in [9.17, 15) is 10.1 Å². The topological polar surface area (TPSA) is 122 Å². The molecule has 5 aromatic rings. The molecule has 0 aliphatic carbocycles. The Morgan fingerprint density at radius 3 is 2.76 bits per heavy atom. The molecule has 3 N–H and O–H groups in total. The molecule has 0 bridgehead atoms. The number of nitriles is 1. The van der Waals surface area contributed by atoms with Crippen LogP contribution >= 0.6 is 0 Å². The zero-order valence-electron chi connectivity index (χ0n) is 18.0. The Kier molecular flexibility index (Phi) is 4.72. The van der Waals surface area contributed by atoms with Crippen molar-refractivity contribution in [1.29, 1.82) is 5.26 Å². The van der Waals surface area contributed by atoms with Crippen molar-refractivity contribution in [1.82, 2.24) is 24.7 Å². The number of rotatable bonds is 3. The second kappa shape index (κ2) is 7.73. The highest BCUT2D eigenvalue weighted by Crippen LogP contribution is 2.35. The molecular weight excluding hydrogens is 414 g/mol. The minimum absolute atomic E-state index is 0.185. The van der Waals surface area contributed by atoms with Crippen molar-refractivity contribution in [3.63, 3.8) is 0 Å². The third kappa shape index (κ3) is 3.32. The number of aryl methyl sites for hydroxylation is 1. The number of pyridine rings is 1. The average molecular weight is 433 g/mol. The summed E-state index contributed by atoms with van der Waals surface area (Å²) < 4.78 is 1.79. The van der Waals surface area contributed by atoms with Crippen LogP contribution in [0.15, 0.2) is 60.9 Å². The molecule has 8 heteroatoms. The molecule has 0 radical (unpaired) electrons. The van der Waals surface area contributed by atoms with Crippen molar-refractivity contribution in [3.05, 3.63) is 77.7 Å². The van der Waals surface area contributed by atoms with Crippen molar-refractivity contribution in [2.24, 2.45) is 0 Å². The van der Waals surface area contributed by atoms with Gasteiger partial charge in [-0.15, -0.1) is 0 Å². The van der Waals surface area contributed by atoms with Gasteiger partial charge in [-0.3, -0.25) is 14.2 Å². The van der Waals surface area contributed by atoms with E-state index >= 15 is 0 Å². The highest BCUT2D eigenvalue weighted by atomic mass is 16.1. The van der Waals surface area contributed by atoms with E-state index in [0.717, 1.165) is 27.6 Å². The summed E-state index contributed by atoms with van der Waals surface area (Å²) in [4.78, 5) is 25.8. The van der Waals surface area contributed by atoms with E-state index in [1.165, 1.54) is 0 Å². The van der Waals surface area contributed by atoms with Gasteiger partial charge in [0.2, 0.25) is 0 Å². The Morgan fingerprint density at radius 2 is 1.97 bits per heavy atom. The van der Waals surface area contributed by atoms with Crippen LogP contribution in [0.4, 0.5) is 5.82 Å². The van der Waals surface area contributed by atoms with Crippen LogP contribution in [0, 0.1) is 18.3 Å². The first-order valence-corrected chi connectivity index (χ1v) is 10.3. The zero-order valence-corrected chi connectivity index (χ0v) is 18.0. The molecule has 160 valence electrons. The summed E-state index contributed by atoms with van der Waals surface area (Å²) in [5.74, 6) is -0.138. The zero-order chi connectivity index (χ0) is 23.1. The van der Waals surface area contributed by atoms with Gasteiger partial charge in [0.1, 0.15) is 5.69 Å². The third-order valence-electron chi connectivity index (χ3n) is 5.59. The van der Waals surface area contributed by atoms with Gasteiger partial charge in [0.05, 0.1) is 28.5 Å². The summed E-state index contributed by atoms with van der Waals surface area (Å²) in [5, 5.41) is 13.0. The maximum Gasteiger partial charge on any atom is 0.271 e. The Morgan fingerprint density at radius 1 is 1.12 bits per heavy atom. The smallest absolute Gasteiger partial charge is 0.271 e. The van der Waals surface area contributed by atoms with Gasteiger partial charge in [-0.05, 0) is 42.8 Å². The van der Waals surface area contributed by atoms with E-state index in [1.807, 2.05) is 37.3 Å². The summed E-state index contributed by atoms with van der Waals surface area (Å²) in [5.41, 5.74) is 12.2. The molecule has 0 aliphatic heterocycles. The maximum absolute atomic E-state index is 12.3. The number of nitrogens with zero attached hydrogens (tertiary/aromatic N) is 5. The van der Waals surface area contributed by atoms with Gasteiger partial charge in [-0.25, -0.2) is 9.97 Å². The molecule has 1 amide bonds. The van der Waals surface area contributed by atoms with Gasteiger partial charge < -0.3 is 11.1 Å². The molecule has 0 unspecified atom stereocenters.